The lowest BCUT2D eigenvalue weighted by atomic mass is 9.94. The number of nitrogens with one attached hydrogen (secondary N) is 1. The van der Waals surface area contributed by atoms with Gasteiger partial charge in [-0.2, -0.15) is 5.10 Å². The summed E-state index contributed by atoms with van der Waals surface area (Å²) in [6, 6.07) is 7.63. The molecule has 0 fully saturated rings. The van der Waals surface area contributed by atoms with Crippen LogP contribution >= 0.6 is 0 Å². The van der Waals surface area contributed by atoms with Crippen LogP contribution in [0.1, 0.15) is 48.8 Å². The number of aryl methyl sites for hydroxylation is 2. The van der Waals surface area contributed by atoms with Gasteiger partial charge in [0, 0.05) is 24.2 Å². The van der Waals surface area contributed by atoms with Gasteiger partial charge in [0.1, 0.15) is 5.82 Å². The Morgan fingerprint density at radius 2 is 2.17 bits per heavy atom. The van der Waals surface area contributed by atoms with Crippen LogP contribution in [0.2, 0.25) is 0 Å². The first-order valence-corrected chi connectivity index (χ1v) is 8.52. The molecule has 3 rings (SSSR count). The third kappa shape index (κ3) is 3.55. The molecule has 5 nitrogen and oxygen atoms in total. The summed E-state index contributed by atoms with van der Waals surface area (Å²) < 4.78 is 1.74. The third-order valence-electron chi connectivity index (χ3n) is 4.48. The molecule has 1 N–H and O–H groups in total. The Balaban J connectivity index is 1.77. The summed E-state index contributed by atoms with van der Waals surface area (Å²) in [5.41, 5.74) is 2.89. The van der Waals surface area contributed by atoms with E-state index < -0.39 is 0 Å². The van der Waals surface area contributed by atoms with Crippen molar-refractivity contribution in [2.45, 2.75) is 45.6 Å². The molecule has 1 aliphatic carbocycles. The second kappa shape index (κ2) is 6.99. The molecule has 0 unspecified atom stereocenters. The highest BCUT2D eigenvalue weighted by Gasteiger charge is 2.16. The van der Waals surface area contributed by atoms with E-state index in [1.807, 2.05) is 38.2 Å². The molecule has 0 radical (unpaired) electrons. The molecule has 0 saturated carbocycles. The summed E-state index contributed by atoms with van der Waals surface area (Å²) >= 11 is 0. The van der Waals surface area contributed by atoms with Crippen molar-refractivity contribution in [1.82, 2.24) is 20.1 Å². The van der Waals surface area contributed by atoms with Crippen LogP contribution in [0, 0.1) is 6.92 Å². The first kappa shape index (κ1) is 16.4. The van der Waals surface area contributed by atoms with Crippen LogP contribution in [0.3, 0.4) is 0 Å². The van der Waals surface area contributed by atoms with E-state index in [9.17, 15) is 4.79 Å². The SMILES string of the molecule is Cc1nc(-c2cccc(C(=O)N[C@H](C)C3=CCCCC3)c2)n(C)n1. The van der Waals surface area contributed by atoms with Gasteiger partial charge in [-0.15, -0.1) is 0 Å². The number of amides is 1. The van der Waals surface area contributed by atoms with E-state index in [0.717, 1.165) is 30.1 Å². The van der Waals surface area contributed by atoms with Crippen LogP contribution in [0.25, 0.3) is 11.4 Å². The fourth-order valence-electron chi connectivity index (χ4n) is 3.19. The zero-order valence-corrected chi connectivity index (χ0v) is 14.5. The fraction of sp³-hybridized carbons (Fsp3) is 0.421. The topological polar surface area (TPSA) is 59.8 Å². The highest BCUT2D eigenvalue weighted by atomic mass is 16.1. The molecular weight excluding hydrogens is 300 g/mol. The second-order valence-electron chi connectivity index (χ2n) is 6.41. The predicted molar refractivity (Wildman–Crippen MR) is 94.7 cm³/mol. The van der Waals surface area contributed by atoms with Gasteiger partial charge in [0.15, 0.2) is 5.82 Å². The first-order chi connectivity index (χ1) is 11.5. The van der Waals surface area contributed by atoms with Crippen molar-refractivity contribution in [1.29, 1.82) is 0 Å². The Morgan fingerprint density at radius 3 is 2.83 bits per heavy atom. The van der Waals surface area contributed by atoms with Gasteiger partial charge in [0.05, 0.1) is 0 Å². The van der Waals surface area contributed by atoms with E-state index in [4.69, 9.17) is 0 Å². The predicted octanol–water partition coefficient (Wildman–Crippen LogP) is 3.41. The van der Waals surface area contributed by atoms with Crippen LogP contribution in [0.4, 0.5) is 0 Å². The standard InChI is InChI=1S/C19H24N4O/c1-13(15-8-5-4-6-9-15)20-19(24)17-11-7-10-16(12-17)18-21-14(2)22-23(18)3/h7-8,10-13H,4-6,9H2,1-3H3,(H,20,24)/t13-/m1/s1. The number of carbonyl (C=O) groups is 1. The number of carbonyl (C=O) groups excluding carboxylic acids is 1. The average Bonchev–Trinajstić information content (AvgIpc) is 2.94. The molecule has 2 aromatic rings. The largest absolute Gasteiger partial charge is 0.346 e. The van der Waals surface area contributed by atoms with E-state index >= 15 is 0 Å². The smallest absolute Gasteiger partial charge is 0.251 e. The highest BCUT2D eigenvalue weighted by Crippen LogP contribution is 2.21. The van der Waals surface area contributed by atoms with Crippen molar-refractivity contribution in [3.8, 4) is 11.4 Å². The second-order valence-corrected chi connectivity index (χ2v) is 6.41. The van der Waals surface area contributed by atoms with Gasteiger partial charge in [-0.3, -0.25) is 4.79 Å². The van der Waals surface area contributed by atoms with E-state index in [2.05, 4.69) is 28.4 Å². The molecule has 1 amide bonds. The van der Waals surface area contributed by atoms with E-state index in [1.165, 1.54) is 18.4 Å². The summed E-state index contributed by atoms with van der Waals surface area (Å²) in [4.78, 5) is 17.0. The fourth-order valence-corrected chi connectivity index (χ4v) is 3.19. The van der Waals surface area contributed by atoms with Gasteiger partial charge in [0.25, 0.3) is 5.91 Å². The Bertz CT molecular complexity index is 775. The number of aromatic nitrogens is 3. The summed E-state index contributed by atoms with van der Waals surface area (Å²) in [5.74, 6) is 1.44. The average molecular weight is 324 g/mol. The third-order valence-corrected chi connectivity index (χ3v) is 4.48. The number of benzene rings is 1. The molecule has 0 saturated heterocycles. The summed E-state index contributed by atoms with van der Waals surface area (Å²) in [6.45, 7) is 3.92. The van der Waals surface area contributed by atoms with Crippen molar-refractivity contribution < 1.29 is 4.79 Å². The van der Waals surface area contributed by atoms with Crippen molar-refractivity contribution in [3.05, 3.63) is 47.3 Å². The minimum absolute atomic E-state index is 0.0466. The molecule has 1 atom stereocenters. The summed E-state index contributed by atoms with van der Waals surface area (Å²) in [5, 5.41) is 7.38. The highest BCUT2D eigenvalue weighted by molar-refractivity contribution is 5.95. The van der Waals surface area contributed by atoms with Crippen LogP contribution < -0.4 is 5.32 Å². The first-order valence-electron chi connectivity index (χ1n) is 8.52. The number of allylic oxidation sites excluding steroid dienone is 1. The molecule has 24 heavy (non-hydrogen) atoms. The maximum absolute atomic E-state index is 12.6. The Kier molecular flexibility index (Phi) is 4.79. The number of rotatable bonds is 4. The zero-order chi connectivity index (χ0) is 17.1. The molecule has 126 valence electrons. The van der Waals surface area contributed by atoms with Gasteiger partial charge in [-0.05, 0) is 51.7 Å². The van der Waals surface area contributed by atoms with Gasteiger partial charge >= 0.3 is 0 Å². The normalized spacial score (nSPS) is 15.7. The van der Waals surface area contributed by atoms with Crippen LogP contribution in [0.5, 0.6) is 0 Å². The molecule has 0 bridgehead atoms. The number of nitrogens with zero attached hydrogens (tertiary/aromatic N) is 3. The van der Waals surface area contributed by atoms with Crippen LogP contribution in [-0.2, 0) is 7.05 Å². The minimum atomic E-state index is -0.0466. The number of hydrogen-bond donors (Lipinski definition) is 1. The van der Waals surface area contributed by atoms with Gasteiger partial charge in [-0.1, -0.05) is 23.8 Å². The molecule has 1 aromatic heterocycles. The van der Waals surface area contributed by atoms with Crippen molar-refractivity contribution in [2.24, 2.45) is 7.05 Å². The van der Waals surface area contributed by atoms with E-state index in [1.54, 1.807) is 4.68 Å². The summed E-state index contributed by atoms with van der Waals surface area (Å²) in [7, 11) is 1.86. The lowest BCUT2D eigenvalue weighted by molar-refractivity contribution is 0.0944. The molecule has 1 aliphatic rings. The van der Waals surface area contributed by atoms with Crippen LogP contribution in [0.15, 0.2) is 35.9 Å². The van der Waals surface area contributed by atoms with Gasteiger partial charge < -0.3 is 5.32 Å². The Labute approximate surface area is 142 Å². The number of hydrogen-bond acceptors (Lipinski definition) is 3. The van der Waals surface area contributed by atoms with Crippen molar-refractivity contribution in [2.75, 3.05) is 0 Å². The zero-order valence-electron chi connectivity index (χ0n) is 14.5. The lowest BCUT2D eigenvalue weighted by Gasteiger charge is -2.21. The molecule has 0 aliphatic heterocycles. The maximum Gasteiger partial charge on any atom is 0.251 e. The van der Waals surface area contributed by atoms with Gasteiger partial charge in [-0.25, -0.2) is 9.67 Å². The molecular formula is C19H24N4O. The summed E-state index contributed by atoms with van der Waals surface area (Å²) in [6.07, 6.45) is 6.94. The molecule has 0 spiro atoms. The monoisotopic (exact) mass is 324 g/mol. The van der Waals surface area contributed by atoms with Gasteiger partial charge in [0.2, 0.25) is 0 Å². The minimum Gasteiger partial charge on any atom is -0.346 e. The maximum atomic E-state index is 12.6. The van der Waals surface area contributed by atoms with Crippen molar-refractivity contribution >= 4 is 5.91 Å². The van der Waals surface area contributed by atoms with E-state index in [0.29, 0.717) is 5.56 Å². The molecule has 1 aromatic carbocycles. The lowest BCUT2D eigenvalue weighted by Crippen LogP contribution is -2.34. The van der Waals surface area contributed by atoms with Crippen molar-refractivity contribution in [3.63, 3.8) is 0 Å². The van der Waals surface area contributed by atoms with Crippen LogP contribution in [-0.4, -0.2) is 26.7 Å². The Hall–Kier alpha value is -2.43. The Morgan fingerprint density at radius 1 is 1.33 bits per heavy atom. The molecule has 1 heterocycles. The quantitative estimate of drug-likeness (QED) is 0.877. The molecule has 5 heteroatoms. The van der Waals surface area contributed by atoms with E-state index in [-0.39, 0.29) is 11.9 Å².